The zero-order chi connectivity index (χ0) is 11.0. The highest BCUT2D eigenvalue weighted by atomic mass is 14.7. The van der Waals surface area contributed by atoms with E-state index in [0.717, 1.165) is 5.35 Å². The van der Waals surface area contributed by atoms with E-state index in [1.54, 1.807) is 12.2 Å². The van der Waals surface area contributed by atoms with Gasteiger partial charge in [0, 0.05) is 16.8 Å². The molecular weight excluding hydrogens is 170 g/mol. The van der Waals surface area contributed by atoms with Crippen molar-refractivity contribution in [2.75, 3.05) is 0 Å². The molecule has 0 spiro atoms. The van der Waals surface area contributed by atoms with Crippen LogP contribution in [0.1, 0.15) is 19.4 Å². The molecule has 1 aromatic rings. The second kappa shape index (κ2) is 6.96. The van der Waals surface area contributed by atoms with Crippen molar-refractivity contribution in [2.45, 2.75) is 20.8 Å². The standard InChI is InChI=1S/C11H13N.C2H6/c1-4-6-10-9(3)8-12-11(10)7-5-2;1-2/h4-8,12H,1-2H2,3H3;1-2H3/b10-6-,11-7+;. The first kappa shape index (κ1) is 12.5. The average molecular weight is 189 g/mol. The van der Waals surface area contributed by atoms with E-state index in [1.165, 1.54) is 10.8 Å². The fourth-order valence-electron chi connectivity index (χ4n) is 1.15. The Bertz CT molecular complexity index is 393. The molecule has 1 aromatic heterocycles. The van der Waals surface area contributed by atoms with Crippen molar-refractivity contribution >= 4 is 12.2 Å². The largest absolute Gasteiger partial charge is 0.361 e. The normalized spacial score (nSPS) is 11.9. The number of H-pyrrole nitrogens is 1. The highest BCUT2D eigenvalue weighted by Crippen LogP contribution is 1.80. The van der Waals surface area contributed by atoms with Crippen LogP contribution in [0.3, 0.4) is 0 Å². The molecule has 0 aliphatic carbocycles. The van der Waals surface area contributed by atoms with E-state index >= 15 is 0 Å². The number of aryl methyl sites for hydroxylation is 1. The van der Waals surface area contributed by atoms with Gasteiger partial charge in [-0.2, -0.15) is 0 Å². The molecule has 0 bridgehead atoms. The van der Waals surface area contributed by atoms with Crippen molar-refractivity contribution in [3.63, 3.8) is 0 Å². The predicted octanol–water partition coefficient (Wildman–Crippen LogP) is 2.28. The van der Waals surface area contributed by atoms with Crippen LogP contribution in [0.2, 0.25) is 0 Å². The summed E-state index contributed by atoms with van der Waals surface area (Å²) in [5.41, 5.74) is 1.23. The summed E-state index contributed by atoms with van der Waals surface area (Å²) in [7, 11) is 0. The molecule has 1 heteroatoms. The van der Waals surface area contributed by atoms with E-state index in [2.05, 4.69) is 25.1 Å². The molecule has 14 heavy (non-hydrogen) atoms. The molecule has 0 aliphatic rings. The lowest BCUT2D eigenvalue weighted by Gasteiger charge is -1.80. The van der Waals surface area contributed by atoms with Gasteiger partial charge in [-0.3, -0.25) is 0 Å². The molecule has 1 rings (SSSR count). The quantitative estimate of drug-likeness (QED) is 0.734. The van der Waals surface area contributed by atoms with Gasteiger partial charge in [-0.25, -0.2) is 0 Å². The monoisotopic (exact) mass is 189 g/mol. The van der Waals surface area contributed by atoms with Gasteiger partial charge in [0.1, 0.15) is 0 Å². The van der Waals surface area contributed by atoms with Gasteiger partial charge in [0.05, 0.1) is 0 Å². The Morgan fingerprint density at radius 3 is 2.21 bits per heavy atom. The number of rotatable bonds is 2. The molecule has 76 valence electrons. The predicted molar refractivity (Wildman–Crippen MR) is 65.5 cm³/mol. The Kier molecular flexibility index (Phi) is 6.21. The molecule has 0 aliphatic heterocycles. The summed E-state index contributed by atoms with van der Waals surface area (Å²) in [4.78, 5) is 3.15. The van der Waals surface area contributed by atoms with Crippen molar-refractivity contribution < 1.29 is 0 Å². The third kappa shape index (κ3) is 3.09. The molecule has 0 saturated carbocycles. The minimum Gasteiger partial charge on any atom is -0.361 e. The van der Waals surface area contributed by atoms with Gasteiger partial charge in [0.15, 0.2) is 0 Å². The molecule has 0 unspecified atom stereocenters. The summed E-state index contributed by atoms with van der Waals surface area (Å²) in [6.07, 6.45) is 9.47. The van der Waals surface area contributed by atoms with Gasteiger partial charge in [-0.1, -0.05) is 45.2 Å². The summed E-state index contributed by atoms with van der Waals surface area (Å²) in [5.74, 6) is 0. The smallest absolute Gasteiger partial charge is 0.0456 e. The SMILES string of the molecule is C=C/C=c1/c(C)c[nH]/c1=C/C=C.CC. The second-order valence-corrected chi connectivity index (χ2v) is 2.60. The number of aromatic nitrogens is 1. The van der Waals surface area contributed by atoms with E-state index < -0.39 is 0 Å². The van der Waals surface area contributed by atoms with Gasteiger partial charge < -0.3 is 4.98 Å². The van der Waals surface area contributed by atoms with E-state index in [1.807, 2.05) is 32.2 Å². The van der Waals surface area contributed by atoms with Crippen LogP contribution in [-0.4, -0.2) is 4.98 Å². The third-order valence-corrected chi connectivity index (χ3v) is 1.73. The summed E-state index contributed by atoms with van der Waals surface area (Å²) in [6.45, 7) is 13.4. The topological polar surface area (TPSA) is 15.8 Å². The van der Waals surface area contributed by atoms with E-state index in [9.17, 15) is 0 Å². The lowest BCUT2D eigenvalue weighted by Crippen LogP contribution is -2.23. The Hall–Kier alpha value is -1.50. The molecular formula is C13H19N. The molecule has 0 radical (unpaired) electrons. The Morgan fingerprint density at radius 2 is 1.71 bits per heavy atom. The van der Waals surface area contributed by atoms with Gasteiger partial charge in [-0.05, 0) is 18.6 Å². The molecule has 0 saturated heterocycles. The number of nitrogens with one attached hydrogen (secondary N) is 1. The van der Waals surface area contributed by atoms with Gasteiger partial charge >= 0.3 is 0 Å². The Balaban J connectivity index is 0.000000791. The van der Waals surface area contributed by atoms with E-state index in [-0.39, 0.29) is 0 Å². The zero-order valence-corrected chi connectivity index (χ0v) is 9.30. The summed E-state index contributed by atoms with van der Waals surface area (Å²) < 4.78 is 0. The van der Waals surface area contributed by atoms with Crippen molar-refractivity contribution in [3.8, 4) is 0 Å². The van der Waals surface area contributed by atoms with Crippen molar-refractivity contribution in [1.29, 1.82) is 0 Å². The van der Waals surface area contributed by atoms with Crippen LogP contribution in [0.4, 0.5) is 0 Å². The van der Waals surface area contributed by atoms with Crippen molar-refractivity contribution in [1.82, 2.24) is 4.98 Å². The molecule has 0 fully saturated rings. The van der Waals surface area contributed by atoms with Gasteiger partial charge in [0.25, 0.3) is 0 Å². The fraction of sp³-hybridized carbons (Fsp3) is 0.231. The number of aromatic amines is 1. The van der Waals surface area contributed by atoms with Gasteiger partial charge in [0.2, 0.25) is 0 Å². The highest BCUT2D eigenvalue weighted by Gasteiger charge is 1.89. The Morgan fingerprint density at radius 1 is 1.14 bits per heavy atom. The summed E-state index contributed by atoms with van der Waals surface area (Å²) >= 11 is 0. The van der Waals surface area contributed by atoms with Crippen LogP contribution in [0.5, 0.6) is 0 Å². The van der Waals surface area contributed by atoms with Crippen LogP contribution in [0.15, 0.2) is 31.5 Å². The van der Waals surface area contributed by atoms with Crippen LogP contribution < -0.4 is 10.6 Å². The van der Waals surface area contributed by atoms with Crippen molar-refractivity contribution in [3.05, 3.63) is 47.6 Å². The lowest BCUT2D eigenvalue weighted by atomic mass is 10.2. The van der Waals surface area contributed by atoms with E-state index in [4.69, 9.17) is 0 Å². The third-order valence-electron chi connectivity index (χ3n) is 1.73. The molecule has 0 aromatic carbocycles. The maximum atomic E-state index is 3.67. The summed E-state index contributed by atoms with van der Waals surface area (Å²) in [5, 5.41) is 2.27. The molecule has 1 heterocycles. The second-order valence-electron chi connectivity index (χ2n) is 2.60. The minimum atomic E-state index is 1.09. The molecule has 0 atom stereocenters. The fourth-order valence-corrected chi connectivity index (χ4v) is 1.15. The van der Waals surface area contributed by atoms with Crippen LogP contribution in [-0.2, 0) is 0 Å². The van der Waals surface area contributed by atoms with E-state index in [0.29, 0.717) is 0 Å². The maximum Gasteiger partial charge on any atom is 0.0456 e. The first-order valence-electron chi connectivity index (χ1n) is 4.89. The molecule has 0 amide bonds. The zero-order valence-electron chi connectivity index (χ0n) is 9.30. The van der Waals surface area contributed by atoms with Crippen LogP contribution in [0, 0.1) is 6.92 Å². The van der Waals surface area contributed by atoms with Crippen molar-refractivity contribution in [2.24, 2.45) is 0 Å². The summed E-state index contributed by atoms with van der Waals surface area (Å²) in [6, 6.07) is 0. The first-order chi connectivity index (χ1) is 6.79. The maximum absolute atomic E-state index is 3.67. The Labute approximate surface area is 86.2 Å². The first-order valence-corrected chi connectivity index (χ1v) is 4.89. The number of allylic oxidation sites excluding steroid dienone is 2. The lowest BCUT2D eigenvalue weighted by molar-refractivity contribution is 1.32. The average Bonchev–Trinajstić information content (AvgIpc) is 2.54. The van der Waals surface area contributed by atoms with Crippen LogP contribution in [0.25, 0.3) is 12.2 Å². The van der Waals surface area contributed by atoms with Crippen LogP contribution >= 0.6 is 0 Å². The minimum absolute atomic E-state index is 1.09. The van der Waals surface area contributed by atoms with Gasteiger partial charge in [-0.15, -0.1) is 0 Å². The number of hydrogen-bond acceptors (Lipinski definition) is 0. The number of hydrogen-bond donors (Lipinski definition) is 1. The molecule has 1 N–H and O–H groups in total. The molecule has 1 nitrogen and oxygen atoms in total. The highest BCUT2D eigenvalue weighted by molar-refractivity contribution is 5.42.